The Labute approximate surface area is 122 Å². The Hall–Kier alpha value is -0.780. The quantitative estimate of drug-likeness (QED) is 0.848. The highest BCUT2D eigenvalue weighted by molar-refractivity contribution is 5.69. The van der Waals surface area contributed by atoms with E-state index in [2.05, 4.69) is 0 Å². The highest BCUT2D eigenvalue weighted by Gasteiger charge is 2.51. The number of halogens is 3. The molecule has 0 saturated heterocycles. The first-order valence-corrected chi connectivity index (χ1v) is 7.74. The van der Waals surface area contributed by atoms with Crippen LogP contribution in [0.5, 0.6) is 0 Å². The summed E-state index contributed by atoms with van der Waals surface area (Å²) in [5, 5.41) is 8.88. The summed E-state index contributed by atoms with van der Waals surface area (Å²) < 4.78 is 38.0. The van der Waals surface area contributed by atoms with Gasteiger partial charge >= 0.3 is 12.1 Å². The number of nitrogens with zero attached hydrogens (tertiary/aromatic N) is 1. The van der Waals surface area contributed by atoms with Gasteiger partial charge in [-0.25, -0.2) is 0 Å². The average Bonchev–Trinajstić information content (AvgIpc) is 2.21. The minimum Gasteiger partial charge on any atom is -0.480 e. The number of carbonyl (C=O) groups is 1. The van der Waals surface area contributed by atoms with Crippen molar-refractivity contribution >= 4 is 5.97 Å². The van der Waals surface area contributed by atoms with E-state index in [1.54, 1.807) is 0 Å². The normalized spacial score (nSPS) is 38.2. The molecular formula is C15H22F3NO2. The molecule has 0 aromatic heterocycles. The molecule has 4 saturated carbocycles. The Morgan fingerprint density at radius 1 is 1.10 bits per heavy atom. The molecule has 0 atom stereocenters. The number of alkyl halides is 3. The van der Waals surface area contributed by atoms with Crippen molar-refractivity contribution in [1.29, 1.82) is 0 Å². The summed E-state index contributed by atoms with van der Waals surface area (Å²) in [6.07, 6.45) is 2.34. The van der Waals surface area contributed by atoms with E-state index in [0.717, 1.165) is 24.2 Å². The zero-order valence-corrected chi connectivity index (χ0v) is 12.0. The Bertz CT molecular complexity index is 386. The fraction of sp³-hybridized carbons (Fsp3) is 0.933. The van der Waals surface area contributed by atoms with Crippen LogP contribution in [0, 0.1) is 23.2 Å². The lowest BCUT2D eigenvalue weighted by Crippen LogP contribution is -2.53. The van der Waals surface area contributed by atoms with Crippen molar-refractivity contribution in [3.63, 3.8) is 0 Å². The van der Waals surface area contributed by atoms with Crippen molar-refractivity contribution in [1.82, 2.24) is 4.90 Å². The van der Waals surface area contributed by atoms with E-state index in [-0.39, 0.29) is 5.41 Å². The summed E-state index contributed by atoms with van der Waals surface area (Å²) in [7, 11) is 0. The van der Waals surface area contributed by atoms with Crippen LogP contribution in [0.2, 0.25) is 0 Å². The summed E-state index contributed by atoms with van der Waals surface area (Å²) in [6, 6.07) is 0. The maximum absolute atomic E-state index is 12.7. The summed E-state index contributed by atoms with van der Waals surface area (Å²) >= 11 is 0. The molecule has 0 aromatic carbocycles. The minimum absolute atomic E-state index is 0.0601. The van der Waals surface area contributed by atoms with E-state index < -0.39 is 25.2 Å². The van der Waals surface area contributed by atoms with Crippen LogP contribution >= 0.6 is 0 Å². The Kier molecular flexibility index (Phi) is 3.71. The summed E-state index contributed by atoms with van der Waals surface area (Å²) in [5.74, 6) is 0.806. The van der Waals surface area contributed by atoms with Gasteiger partial charge < -0.3 is 5.11 Å². The first kappa shape index (κ1) is 15.1. The lowest BCUT2D eigenvalue weighted by Gasteiger charge is -2.57. The Morgan fingerprint density at radius 2 is 1.57 bits per heavy atom. The van der Waals surface area contributed by atoms with Gasteiger partial charge in [-0.3, -0.25) is 9.69 Å². The van der Waals surface area contributed by atoms with Crippen molar-refractivity contribution in [3.8, 4) is 0 Å². The molecule has 4 fully saturated rings. The predicted octanol–water partition coefficient (Wildman–Crippen LogP) is 3.15. The first-order valence-electron chi connectivity index (χ1n) is 7.74. The third-order valence-corrected chi connectivity index (χ3v) is 5.49. The highest BCUT2D eigenvalue weighted by Crippen LogP contribution is 2.60. The van der Waals surface area contributed by atoms with Crippen molar-refractivity contribution in [2.24, 2.45) is 23.2 Å². The van der Waals surface area contributed by atoms with Crippen LogP contribution in [0.15, 0.2) is 0 Å². The molecule has 4 aliphatic rings. The number of hydrogen-bond acceptors (Lipinski definition) is 2. The highest BCUT2D eigenvalue weighted by atomic mass is 19.4. The van der Waals surface area contributed by atoms with Gasteiger partial charge in [-0.15, -0.1) is 0 Å². The maximum atomic E-state index is 12.7. The van der Waals surface area contributed by atoms with Crippen LogP contribution in [0.1, 0.15) is 38.5 Å². The van der Waals surface area contributed by atoms with E-state index in [1.807, 2.05) is 0 Å². The predicted molar refractivity (Wildman–Crippen MR) is 70.7 cm³/mol. The maximum Gasteiger partial charge on any atom is 0.401 e. The second-order valence-corrected chi connectivity index (χ2v) is 7.57. The molecule has 0 aliphatic heterocycles. The minimum atomic E-state index is -4.34. The molecular weight excluding hydrogens is 283 g/mol. The number of aliphatic carboxylic acids is 1. The molecule has 0 aromatic rings. The topological polar surface area (TPSA) is 40.5 Å². The van der Waals surface area contributed by atoms with Gasteiger partial charge in [0.1, 0.15) is 0 Å². The van der Waals surface area contributed by atoms with Crippen LogP contribution in [0.4, 0.5) is 13.2 Å². The third kappa shape index (κ3) is 3.52. The molecule has 21 heavy (non-hydrogen) atoms. The van der Waals surface area contributed by atoms with Crippen LogP contribution < -0.4 is 0 Å². The molecule has 4 bridgehead atoms. The van der Waals surface area contributed by atoms with Gasteiger partial charge in [0.25, 0.3) is 0 Å². The molecule has 0 radical (unpaired) electrons. The number of rotatable bonds is 5. The lowest BCUT2D eigenvalue weighted by molar-refractivity contribution is -0.162. The molecule has 4 aliphatic carbocycles. The van der Waals surface area contributed by atoms with Crippen LogP contribution in [-0.4, -0.2) is 41.8 Å². The Morgan fingerprint density at radius 3 is 1.95 bits per heavy atom. The first-order chi connectivity index (χ1) is 9.73. The fourth-order valence-electron chi connectivity index (χ4n) is 5.57. The standard InChI is InChI=1S/C15H22F3NO2/c16-15(17,18)9-19(7-13(20)21)8-14-4-10-1-11(5-14)3-12(2-10)6-14/h10-12H,1-9H2,(H,20,21). The zero-order chi connectivity index (χ0) is 15.3. The van der Waals surface area contributed by atoms with Gasteiger partial charge in [-0.2, -0.15) is 13.2 Å². The summed E-state index contributed by atoms with van der Waals surface area (Å²) in [5.41, 5.74) is -0.0601. The van der Waals surface area contributed by atoms with Gasteiger partial charge in [-0.1, -0.05) is 0 Å². The SMILES string of the molecule is O=C(O)CN(CC(F)(F)F)CC12CC3CC(CC(C3)C1)C2. The molecule has 0 heterocycles. The monoisotopic (exact) mass is 305 g/mol. The smallest absolute Gasteiger partial charge is 0.401 e. The molecule has 4 rings (SSSR count). The third-order valence-electron chi connectivity index (χ3n) is 5.49. The zero-order valence-electron chi connectivity index (χ0n) is 12.0. The second kappa shape index (κ2) is 5.14. The van der Waals surface area contributed by atoms with Gasteiger partial charge in [-0.05, 0) is 61.7 Å². The van der Waals surface area contributed by atoms with E-state index >= 15 is 0 Å². The van der Waals surface area contributed by atoms with E-state index in [0.29, 0.717) is 24.3 Å². The van der Waals surface area contributed by atoms with E-state index in [4.69, 9.17) is 5.11 Å². The number of carboxylic acid groups (broad SMARTS) is 1. The van der Waals surface area contributed by atoms with Crippen molar-refractivity contribution in [3.05, 3.63) is 0 Å². The van der Waals surface area contributed by atoms with E-state index in [9.17, 15) is 18.0 Å². The van der Waals surface area contributed by atoms with Gasteiger partial charge in [0.2, 0.25) is 0 Å². The van der Waals surface area contributed by atoms with Crippen molar-refractivity contribution in [2.75, 3.05) is 19.6 Å². The molecule has 1 N–H and O–H groups in total. The molecule has 120 valence electrons. The summed E-state index contributed by atoms with van der Waals surface area (Å²) in [4.78, 5) is 12.0. The van der Waals surface area contributed by atoms with Gasteiger partial charge in [0, 0.05) is 6.54 Å². The van der Waals surface area contributed by atoms with Crippen LogP contribution in [-0.2, 0) is 4.79 Å². The second-order valence-electron chi connectivity index (χ2n) is 7.57. The molecule has 3 nitrogen and oxygen atoms in total. The number of hydrogen-bond donors (Lipinski definition) is 1. The Balaban J connectivity index is 1.71. The lowest BCUT2D eigenvalue weighted by atomic mass is 9.49. The molecule has 6 heteroatoms. The van der Waals surface area contributed by atoms with Crippen molar-refractivity contribution in [2.45, 2.75) is 44.7 Å². The fourth-order valence-corrected chi connectivity index (χ4v) is 5.57. The largest absolute Gasteiger partial charge is 0.480 e. The van der Waals surface area contributed by atoms with E-state index in [1.165, 1.54) is 19.3 Å². The molecule has 0 amide bonds. The average molecular weight is 305 g/mol. The van der Waals surface area contributed by atoms with Crippen molar-refractivity contribution < 1.29 is 23.1 Å². The van der Waals surface area contributed by atoms with Gasteiger partial charge in [0.05, 0.1) is 13.1 Å². The van der Waals surface area contributed by atoms with Gasteiger partial charge in [0.15, 0.2) is 0 Å². The van der Waals surface area contributed by atoms with Crippen LogP contribution in [0.3, 0.4) is 0 Å². The summed E-state index contributed by atoms with van der Waals surface area (Å²) in [6.45, 7) is -1.33. The molecule has 0 spiro atoms. The van der Waals surface area contributed by atoms with Crippen LogP contribution in [0.25, 0.3) is 0 Å². The molecule has 0 unspecified atom stereocenters. The number of carboxylic acids is 1.